The fourth-order valence-electron chi connectivity index (χ4n) is 2.64. The SMILES string of the molecule is CCOc1ccccc1N(CC(=O)N1CCN(C=O)CC1)C(C)=O. The molecule has 0 atom stereocenters. The van der Waals surface area contributed by atoms with Crippen molar-refractivity contribution in [3.05, 3.63) is 24.3 Å². The van der Waals surface area contributed by atoms with Crippen LogP contribution in [0.5, 0.6) is 5.75 Å². The fourth-order valence-corrected chi connectivity index (χ4v) is 2.64. The lowest BCUT2D eigenvalue weighted by Crippen LogP contribution is -2.51. The maximum absolute atomic E-state index is 12.5. The summed E-state index contributed by atoms with van der Waals surface area (Å²) in [6.07, 6.45) is 0.794. The number of carbonyl (C=O) groups is 3. The minimum Gasteiger partial charge on any atom is -0.492 e. The maximum Gasteiger partial charge on any atom is 0.242 e. The Morgan fingerprint density at radius 2 is 1.88 bits per heavy atom. The normalized spacial score (nSPS) is 14.2. The third-order valence-corrected chi connectivity index (χ3v) is 3.95. The summed E-state index contributed by atoms with van der Waals surface area (Å²) >= 11 is 0. The molecule has 2 rings (SSSR count). The quantitative estimate of drug-likeness (QED) is 0.720. The number of benzene rings is 1. The van der Waals surface area contributed by atoms with Gasteiger partial charge in [-0.25, -0.2) is 0 Å². The van der Waals surface area contributed by atoms with Gasteiger partial charge in [0.25, 0.3) is 0 Å². The zero-order chi connectivity index (χ0) is 17.5. The van der Waals surface area contributed by atoms with Crippen LogP contribution in [0.4, 0.5) is 5.69 Å². The van der Waals surface area contributed by atoms with Gasteiger partial charge in [-0.15, -0.1) is 0 Å². The van der Waals surface area contributed by atoms with Crippen LogP contribution < -0.4 is 9.64 Å². The number of ether oxygens (including phenoxy) is 1. The van der Waals surface area contributed by atoms with Crippen LogP contribution in [0.1, 0.15) is 13.8 Å². The summed E-state index contributed by atoms with van der Waals surface area (Å²) in [5.74, 6) is 0.220. The highest BCUT2D eigenvalue weighted by atomic mass is 16.5. The van der Waals surface area contributed by atoms with E-state index in [-0.39, 0.29) is 18.4 Å². The minimum absolute atomic E-state index is 0.0412. The molecule has 0 saturated carbocycles. The van der Waals surface area contributed by atoms with Gasteiger partial charge in [0.15, 0.2) is 0 Å². The van der Waals surface area contributed by atoms with Gasteiger partial charge in [0.2, 0.25) is 18.2 Å². The molecule has 130 valence electrons. The smallest absolute Gasteiger partial charge is 0.242 e. The number of nitrogens with zero attached hydrogens (tertiary/aromatic N) is 3. The van der Waals surface area contributed by atoms with E-state index in [1.165, 1.54) is 11.8 Å². The summed E-state index contributed by atoms with van der Waals surface area (Å²) < 4.78 is 5.56. The average molecular weight is 333 g/mol. The second kappa shape index (κ2) is 8.33. The predicted octanol–water partition coefficient (Wildman–Crippen LogP) is 0.739. The molecule has 1 aromatic rings. The molecule has 0 spiro atoms. The molecule has 0 aromatic heterocycles. The molecule has 1 aliphatic heterocycles. The summed E-state index contributed by atoms with van der Waals surface area (Å²) in [7, 11) is 0. The van der Waals surface area contributed by atoms with Crippen LogP contribution in [0.3, 0.4) is 0 Å². The van der Waals surface area contributed by atoms with Crippen LogP contribution in [0.25, 0.3) is 0 Å². The molecule has 0 bridgehead atoms. The van der Waals surface area contributed by atoms with E-state index in [2.05, 4.69) is 0 Å². The molecule has 0 N–H and O–H groups in total. The highest BCUT2D eigenvalue weighted by Gasteiger charge is 2.25. The number of amides is 3. The lowest BCUT2D eigenvalue weighted by Gasteiger charge is -2.34. The molecule has 1 aliphatic rings. The fraction of sp³-hybridized carbons (Fsp3) is 0.471. The van der Waals surface area contributed by atoms with E-state index in [9.17, 15) is 14.4 Å². The summed E-state index contributed by atoms with van der Waals surface area (Å²) in [4.78, 5) is 40.1. The Morgan fingerprint density at radius 3 is 2.46 bits per heavy atom. The number of hydrogen-bond donors (Lipinski definition) is 0. The number of hydrogen-bond acceptors (Lipinski definition) is 4. The van der Waals surface area contributed by atoms with Gasteiger partial charge in [-0.2, -0.15) is 0 Å². The van der Waals surface area contributed by atoms with E-state index in [0.29, 0.717) is 44.2 Å². The van der Waals surface area contributed by atoms with Gasteiger partial charge in [0.05, 0.1) is 12.3 Å². The molecule has 0 aliphatic carbocycles. The van der Waals surface area contributed by atoms with Crippen molar-refractivity contribution in [2.24, 2.45) is 0 Å². The monoisotopic (exact) mass is 333 g/mol. The number of para-hydroxylation sites is 2. The number of carbonyl (C=O) groups excluding carboxylic acids is 3. The van der Waals surface area contributed by atoms with E-state index in [1.807, 2.05) is 13.0 Å². The van der Waals surface area contributed by atoms with Crippen LogP contribution >= 0.6 is 0 Å². The number of anilines is 1. The van der Waals surface area contributed by atoms with E-state index < -0.39 is 0 Å². The molecule has 3 amide bonds. The molecule has 1 saturated heterocycles. The third-order valence-electron chi connectivity index (χ3n) is 3.95. The molecule has 7 nitrogen and oxygen atoms in total. The van der Waals surface area contributed by atoms with Crippen molar-refractivity contribution < 1.29 is 19.1 Å². The van der Waals surface area contributed by atoms with E-state index in [0.717, 1.165) is 6.41 Å². The lowest BCUT2D eigenvalue weighted by molar-refractivity contribution is -0.134. The largest absolute Gasteiger partial charge is 0.492 e. The van der Waals surface area contributed by atoms with Crippen LogP contribution in [0, 0.1) is 0 Å². The third kappa shape index (κ3) is 4.24. The Kier molecular flexibility index (Phi) is 6.17. The Labute approximate surface area is 141 Å². The Morgan fingerprint density at radius 1 is 1.21 bits per heavy atom. The van der Waals surface area contributed by atoms with E-state index in [1.54, 1.807) is 28.0 Å². The van der Waals surface area contributed by atoms with Crippen molar-refractivity contribution in [2.45, 2.75) is 13.8 Å². The second-order valence-electron chi connectivity index (χ2n) is 5.53. The summed E-state index contributed by atoms with van der Waals surface area (Å²) in [6, 6.07) is 7.18. The zero-order valence-electron chi connectivity index (χ0n) is 14.1. The van der Waals surface area contributed by atoms with Crippen LogP contribution in [0.15, 0.2) is 24.3 Å². The molecule has 7 heteroatoms. The lowest BCUT2D eigenvalue weighted by atomic mass is 10.2. The Balaban J connectivity index is 2.10. The first-order valence-electron chi connectivity index (χ1n) is 8.03. The molecule has 0 unspecified atom stereocenters. The number of piperazine rings is 1. The highest BCUT2D eigenvalue weighted by molar-refractivity contribution is 5.98. The van der Waals surface area contributed by atoms with Gasteiger partial charge >= 0.3 is 0 Å². The van der Waals surface area contributed by atoms with Gasteiger partial charge < -0.3 is 14.5 Å². The second-order valence-corrected chi connectivity index (χ2v) is 5.53. The van der Waals surface area contributed by atoms with Crippen molar-refractivity contribution in [1.29, 1.82) is 0 Å². The van der Waals surface area contributed by atoms with Gasteiger partial charge in [-0.05, 0) is 19.1 Å². The Hall–Kier alpha value is -2.57. The molecular formula is C17H23N3O4. The Bertz CT molecular complexity index is 597. The standard InChI is InChI=1S/C17H23N3O4/c1-3-24-16-7-5-4-6-15(16)20(14(2)22)12-17(23)19-10-8-18(13-21)9-11-19/h4-7,13H,3,8-12H2,1-2H3. The number of rotatable bonds is 6. The minimum atomic E-state index is -0.220. The van der Waals surface area contributed by atoms with E-state index >= 15 is 0 Å². The predicted molar refractivity (Wildman–Crippen MR) is 89.9 cm³/mol. The summed E-state index contributed by atoms with van der Waals surface area (Å²) in [5, 5.41) is 0. The van der Waals surface area contributed by atoms with Crippen LogP contribution in [-0.2, 0) is 14.4 Å². The van der Waals surface area contributed by atoms with Gasteiger partial charge in [-0.3, -0.25) is 19.3 Å². The zero-order valence-corrected chi connectivity index (χ0v) is 14.1. The molecule has 1 heterocycles. The van der Waals surface area contributed by atoms with Crippen molar-refractivity contribution in [3.63, 3.8) is 0 Å². The first kappa shape index (κ1) is 17.8. The summed E-state index contributed by atoms with van der Waals surface area (Å²) in [6.45, 7) is 5.74. The molecule has 0 radical (unpaired) electrons. The molecular weight excluding hydrogens is 310 g/mol. The van der Waals surface area contributed by atoms with Gasteiger partial charge in [0, 0.05) is 33.1 Å². The van der Waals surface area contributed by atoms with Gasteiger partial charge in [0.1, 0.15) is 12.3 Å². The van der Waals surface area contributed by atoms with E-state index in [4.69, 9.17) is 4.74 Å². The van der Waals surface area contributed by atoms with Crippen LogP contribution in [-0.4, -0.2) is 67.4 Å². The highest BCUT2D eigenvalue weighted by Crippen LogP contribution is 2.28. The van der Waals surface area contributed by atoms with Gasteiger partial charge in [-0.1, -0.05) is 12.1 Å². The van der Waals surface area contributed by atoms with Crippen LogP contribution in [0.2, 0.25) is 0 Å². The molecule has 1 fully saturated rings. The van der Waals surface area contributed by atoms with Crippen molar-refractivity contribution in [1.82, 2.24) is 9.80 Å². The first-order valence-corrected chi connectivity index (χ1v) is 8.03. The molecule has 24 heavy (non-hydrogen) atoms. The maximum atomic E-state index is 12.5. The average Bonchev–Trinajstić information content (AvgIpc) is 2.60. The van der Waals surface area contributed by atoms with Crippen molar-refractivity contribution in [3.8, 4) is 5.75 Å². The topological polar surface area (TPSA) is 70.2 Å². The van der Waals surface area contributed by atoms with Crippen molar-refractivity contribution in [2.75, 3.05) is 44.2 Å². The summed E-state index contributed by atoms with van der Waals surface area (Å²) in [5.41, 5.74) is 0.590. The molecule has 1 aromatic carbocycles. The first-order chi connectivity index (χ1) is 11.6. The van der Waals surface area contributed by atoms with Crippen molar-refractivity contribution >= 4 is 23.9 Å².